The summed E-state index contributed by atoms with van der Waals surface area (Å²) < 4.78 is 0. The summed E-state index contributed by atoms with van der Waals surface area (Å²) in [5.74, 6) is -4.84. The Balaban J connectivity index is 4.44. The van der Waals surface area contributed by atoms with Crippen LogP contribution in [0.4, 0.5) is 0 Å². The summed E-state index contributed by atoms with van der Waals surface area (Å²) in [6, 6.07) is -2.83. The molecule has 0 saturated carbocycles. The minimum absolute atomic E-state index is 0.391. The van der Waals surface area contributed by atoms with Crippen molar-refractivity contribution in [3.8, 4) is 0 Å². The number of nitrogens with one attached hydrogen (secondary N) is 3. The van der Waals surface area contributed by atoms with Crippen LogP contribution < -0.4 is 27.4 Å². The Morgan fingerprint density at radius 1 is 1.00 bits per heavy atom. The fraction of sp³-hybridized carbons (Fsp3) is 0.545. The molecule has 0 spiro atoms. The first-order valence-corrected chi connectivity index (χ1v) is 6.39. The van der Waals surface area contributed by atoms with E-state index in [9.17, 15) is 24.0 Å². The van der Waals surface area contributed by atoms with E-state index in [4.69, 9.17) is 21.7 Å². The molecule has 12 heteroatoms. The van der Waals surface area contributed by atoms with Gasteiger partial charge in [-0.15, -0.1) is 0 Å². The highest BCUT2D eigenvalue weighted by Crippen LogP contribution is 1.91. The monoisotopic (exact) mass is 333 g/mol. The summed E-state index contributed by atoms with van der Waals surface area (Å²) in [5.41, 5.74) is 9.88. The number of carbonyl (C=O) groups is 5. The van der Waals surface area contributed by atoms with Gasteiger partial charge in [0.25, 0.3) is 0 Å². The second-order valence-corrected chi connectivity index (χ2v) is 4.35. The molecule has 9 N–H and O–H groups in total. The number of aliphatic hydroxyl groups is 1. The molecule has 0 aromatic rings. The number of aliphatic hydroxyl groups excluding tert-OH is 1. The zero-order valence-electron chi connectivity index (χ0n) is 12.1. The number of carboxylic acids is 1. The van der Waals surface area contributed by atoms with Crippen molar-refractivity contribution in [1.29, 1.82) is 0 Å². The molecule has 0 saturated heterocycles. The molecule has 0 aromatic carbocycles. The minimum atomic E-state index is -1.53. The molecule has 0 aliphatic rings. The van der Waals surface area contributed by atoms with E-state index in [-0.39, 0.29) is 0 Å². The molecular weight excluding hydrogens is 314 g/mol. The van der Waals surface area contributed by atoms with Gasteiger partial charge in [0.1, 0.15) is 12.1 Å². The molecule has 2 atom stereocenters. The van der Waals surface area contributed by atoms with Crippen molar-refractivity contribution in [2.75, 3.05) is 19.7 Å². The van der Waals surface area contributed by atoms with Crippen LogP contribution in [-0.2, 0) is 24.0 Å². The van der Waals surface area contributed by atoms with Crippen molar-refractivity contribution in [1.82, 2.24) is 16.0 Å². The van der Waals surface area contributed by atoms with Crippen molar-refractivity contribution >= 4 is 29.6 Å². The van der Waals surface area contributed by atoms with Gasteiger partial charge < -0.3 is 37.6 Å². The number of nitrogens with two attached hydrogens (primary N) is 2. The third-order valence-electron chi connectivity index (χ3n) is 2.48. The molecule has 0 fully saturated rings. The van der Waals surface area contributed by atoms with E-state index < -0.39 is 67.8 Å². The molecule has 0 aromatic heterocycles. The van der Waals surface area contributed by atoms with E-state index in [0.29, 0.717) is 0 Å². The molecule has 0 aliphatic heterocycles. The molecule has 0 bridgehead atoms. The van der Waals surface area contributed by atoms with Crippen LogP contribution >= 0.6 is 0 Å². The Labute approximate surface area is 130 Å². The van der Waals surface area contributed by atoms with Gasteiger partial charge in [-0.25, -0.2) is 4.79 Å². The Bertz CT molecular complexity index is 481. The lowest BCUT2D eigenvalue weighted by Gasteiger charge is -2.16. The second kappa shape index (κ2) is 10.1. The lowest BCUT2D eigenvalue weighted by molar-refractivity contribution is -0.143. The van der Waals surface area contributed by atoms with Gasteiger partial charge in [0.2, 0.25) is 23.6 Å². The number of hydrogen-bond donors (Lipinski definition) is 7. The van der Waals surface area contributed by atoms with Gasteiger partial charge >= 0.3 is 5.97 Å². The summed E-state index contributed by atoms with van der Waals surface area (Å²) in [6.45, 7) is -1.74. The SMILES string of the molecule is NCC(=O)NC(CO)C(=O)NCC(=O)NC(CC(N)=O)C(=O)O. The Morgan fingerprint density at radius 2 is 1.57 bits per heavy atom. The summed E-state index contributed by atoms with van der Waals surface area (Å²) in [5, 5.41) is 24.0. The van der Waals surface area contributed by atoms with Crippen LogP contribution in [0.2, 0.25) is 0 Å². The zero-order chi connectivity index (χ0) is 18.0. The number of primary amides is 1. The Hall–Kier alpha value is -2.73. The van der Waals surface area contributed by atoms with Gasteiger partial charge in [0.05, 0.1) is 26.1 Å². The predicted molar refractivity (Wildman–Crippen MR) is 74.5 cm³/mol. The van der Waals surface area contributed by atoms with E-state index in [2.05, 4.69) is 10.6 Å². The molecule has 0 radical (unpaired) electrons. The summed E-state index contributed by atoms with van der Waals surface area (Å²) in [6.07, 6.45) is -0.610. The number of aliphatic carboxylic acids is 1. The van der Waals surface area contributed by atoms with Crippen molar-refractivity contribution in [3.63, 3.8) is 0 Å². The van der Waals surface area contributed by atoms with Crippen molar-refractivity contribution in [3.05, 3.63) is 0 Å². The van der Waals surface area contributed by atoms with Crippen molar-refractivity contribution in [2.24, 2.45) is 11.5 Å². The van der Waals surface area contributed by atoms with Gasteiger partial charge in [0, 0.05) is 0 Å². The normalized spacial score (nSPS) is 12.6. The van der Waals surface area contributed by atoms with Crippen LogP contribution in [0.5, 0.6) is 0 Å². The average molecular weight is 333 g/mol. The molecule has 0 heterocycles. The molecule has 0 rings (SSSR count). The second-order valence-electron chi connectivity index (χ2n) is 4.35. The maximum absolute atomic E-state index is 11.6. The van der Waals surface area contributed by atoms with E-state index in [1.165, 1.54) is 0 Å². The predicted octanol–water partition coefficient (Wildman–Crippen LogP) is -5.02. The van der Waals surface area contributed by atoms with Gasteiger partial charge in [-0.1, -0.05) is 0 Å². The van der Waals surface area contributed by atoms with Gasteiger partial charge in [0.15, 0.2) is 0 Å². The molecule has 23 heavy (non-hydrogen) atoms. The minimum Gasteiger partial charge on any atom is -0.480 e. The average Bonchev–Trinajstić information content (AvgIpc) is 2.48. The van der Waals surface area contributed by atoms with Crippen LogP contribution in [0.25, 0.3) is 0 Å². The summed E-state index contributed by atoms with van der Waals surface area (Å²) in [7, 11) is 0. The first-order valence-electron chi connectivity index (χ1n) is 6.39. The van der Waals surface area contributed by atoms with Crippen LogP contribution in [0.1, 0.15) is 6.42 Å². The van der Waals surface area contributed by atoms with E-state index in [0.717, 1.165) is 0 Å². The first-order chi connectivity index (χ1) is 10.7. The van der Waals surface area contributed by atoms with Crippen LogP contribution in [0.15, 0.2) is 0 Å². The number of carbonyl (C=O) groups excluding carboxylic acids is 4. The number of hydrogen-bond acceptors (Lipinski definition) is 7. The smallest absolute Gasteiger partial charge is 0.326 e. The maximum atomic E-state index is 11.6. The fourth-order valence-electron chi connectivity index (χ4n) is 1.38. The summed E-state index contributed by atoms with van der Waals surface area (Å²) in [4.78, 5) is 55.7. The Kier molecular flexibility index (Phi) is 8.88. The zero-order valence-corrected chi connectivity index (χ0v) is 12.1. The van der Waals surface area contributed by atoms with E-state index in [1.807, 2.05) is 5.32 Å². The highest BCUT2D eigenvalue weighted by Gasteiger charge is 2.23. The highest BCUT2D eigenvalue weighted by molar-refractivity contribution is 5.92. The standard InChI is InChI=1S/C11H19N5O7/c12-2-8(19)16-6(4-17)10(21)14-3-9(20)15-5(11(22)23)1-7(13)18/h5-6,17H,1-4,12H2,(H2,13,18)(H,14,21)(H,15,20)(H,16,19)(H,22,23). The van der Waals surface area contributed by atoms with Crippen LogP contribution in [0, 0.1) is 0 Å². The molecule has 12 nitrogen and oxygen atoms in total. The largest absolute Gasteiger partial charge is 0.480 e. The van der Waals surface area contributed by atoms with Gasteiger partial charge in [-0.3, -0.25) is 19.2 Å². The van der Waals surface area contributed by atoms with Gasteiger partial charge in [-0.2, -0.15) is 0 Å². The molecular formula is C11H19N5O7. The van der Waals surface area contributed by atoms with Gasteiger partial charge in [-0.05, 0) is 0 Å². The number of amides is 4. The Morgan fingerprint density at radius 3 is 2.00 bits per heavy atom. The molecule has 0 aliphatic carbocycles. The topological polar surface area (TPSA) is 214 Å². The summed E-state index contributed by atoms with van der Waals surface area (Å²) >= 11 is 0. The maximum Gasteiger partial charge on any atom is 0.326 e. The third-order valence-corrected chi connectivity index (χ3v) is 2.48. The quantitative estimate of drug-likeness (QED) is 0.205. The van der Waals surface area contributed by atoms with E-state index >= 15 is 0 Å². The number of carboxylic acid groups (broad SMARTS) is 1. The lowest BCUT2D eigenvalue weighted by Crippen LogP contribution is -2.53. The van der Waals surface area contributed by atoms with Crippen molar-refractivity contribution in [2.45, 2.75) is 18.5 Å². The number of rotatable bonds is 10. The molecule has 2 unspecified atom stereocenters. The third kappa shape index (κ3) is 8.33. The fourth-order valence-corrected chi connectivity index (χ4v) is 1.38. The lowest BCUT2D eigenvalue weighted by atomic mass is 10.2. The first kappa shape index (κ1) is 20.3. The molecule has 4 amide bonds. The van der Waals surface area contributed by atoms with Crippen molar-refractivity contribution < 1.29 is 34.2 Å². The van der Waals surface area contributed by atoms with E-state index in [1.54, 1.807) is 0 Å². The molecule has 130 valence electrons. The highest BCUT2D eigenvalue weighted by atomic mass is 16.4. The van der Waals surface area contributed by atoms with Crippen LogP contribution in [0.3, 0.4) is 0 Å². The van der Waals surface area contributed by atoms with Crippen LogP contribution in [-0.4, -0.2) is 71.6 Å².